The number of hydrogen-bond acceptors (Lipinski definition) is 4. The molecule has 2 heterocycles. The van der Waals surface area contributed by atoms with Gasteiger partial charge in [-0.1, -0.05) is 42.2 Å². The van der Waals surface area contributed by atoms with Crippen molar-refractivity contribution in [3.8, 4) is 0 Å². The highest BCUT2D eigenvalue weighted by Gasteiger charge is 2.22. The number of anilines is 2. The van der Waals surface area contributed by atoms with Gasteiger partial charge in [-0.25, -0.2) is 4.98 Å². The van der Waals surface area contributed by atoms with Crippen molar-refractivity contribution in [2.75, 3.05) is 10.6 Å². The zero-order valence-electron chi connectivity index (χ0n) is 16.7. The Morgan fingerprint density at radius 1 is 1.03 bits per heavy atom. The average molecular weight is 453 g/mol. The van der Waals surface area contributed by atoms with Crippen LogP contribution in [0.5, 0.6) is 0 Å². The van der Waals surface area contributed by atoms with Crippen molar-refractivity contribution >= 4 is 66.7 Å². The number of fused-ring (bicyclic) bond motifs is 2. The maximum absolute atomic E-state index is 12.7. The zero-order chi connectivity index (χ0) is 21.4. The number of thiazole rings is 1. The molecule has 4 aromatic rings. The number of carbonyl (C=O) groups is 2. The number of nitrogens with zero attached hydrogens (tertiary/aromatic N) is 1. The fourth-order valence-corrected chi connectivity index (χ4v) is 5.08. The first kappa shape index (κ1) is 20.0. The van der Waals surface area contributed by atoms with Gasteiger partial charge in [0, 0.05) is 27.5 Å². The number of rotatable bonds is 4. The summed E-state index contributed by atoms with van der Waals surface area (Å²) in [4.78, 5) is 32.8. The maximum atomic E-state index is 12.7. The van der Waals surface area contributed by atoms with Gasteiger partial charge in [0.15, 0.2) is 5.13 Å². The highest BCUT2D eigenvalue weighted by atomic mass is 35.5. The van der Waals surface area contributed by atoms with Crippen molar-refractivity contribution in [2.24, 2.45) is 5.92 Å². The Balaban J connectivity index is 1.31. The summed E-state index contributed by atoms with van der Waals surface area (Å²) in [5.41, 5.74) is 2.69. The molecule has 0 atom stereocenters. The zero-order valence-corrected chi connectivity index (χ0v) is 18.3. The van der Waals surface area contributed by atoms with E-state index >= 15 is 0 Å². The molecule has 1 aliphatic rings. The molecule has 2 aromatic carbocycles. The Hall–Kier alpha value is -2.90. The van der Waals surface area contributed by atoms with E-state index in [0.29, 0.717) is 21.5 Å². The van der Waals surface area contributed by atoms with Crippen LogP contribution in [0.4, 0.5) is 10.8 Å². The van der Waals surface area contributed by atoms with Crippen molar-refractivity contribution in [1.29, 1.82) is 0 Å². The van der Waals surface area contributed by atoms with E-state index in [1.54, 1.807) is 12.1 Å². The summed E-state index contributed by atoms with van der Waals surface area (Å²) in [7, 11) is 0. The lowest BCUT2D eigenvalue weighted by Gasteiger charge is -2.19. The number of hydrogen-bond donors (Lipinski definition) is 3. The van der Waals surface area contributed by atoms with Gasteiger partial charge < -0.3 is 15.6 Å². The predicted molar refractivity (Wildman–Crippen MR) is 126 cm³/mol. The monoisotopic (exact) mass is 452 g/mol. The van der Waals surface area contributed by atoms with Crippen LogP contribution in [0.3, 0.4) is 0 Å². The van der Waals surface area contributed by atoms with Gasteiger partial charge in [0.05, 0.1) is 10.2 Å². The highest BCUT2D eigenvalue weighted by molar-refractivity contribution is 7.22. The van der Waals surface area contributed by atoms with Crippen LogP contribution in [0.1, 0.15) is 42.6 Å². The first-order chi connectivity index (χ1) is 15.0. The summed E-state index contributed by atoms with van der Waals surface area (Å²) < 4.78 is 0.956. The molecule has 3 N–H and O–H groups in total. The quantitative estimate of drug-likeness (QED) is 0.344. The molecule has 0 radical (unpaired) electrons. The normalized spacial score (nSPS) is 14.7. The molecule has 0 bridgehead atoms. The van der Waals surface area contributed by atoms with E-state index in [1.807, 2.05) is 30.3 Å². The summed E-state index contributed by atoms with van der Waals surface area (Å²) in [6, 6.07) is 12.8. The fourth-order valence-electron chi connectivity index (χ4n) is 4.06. The van der Waals surface area contributed by atoms with Gasteiger partial charge in [0.1, 0.15) is 5.69 Å². The minimum absolute atomic E-state index is 0.0613. The first-order valence-corrected chi connectivity index (χ1v) is 11.6. The number of halogens is 1. The predicted octanol–water partition coefficient (Wildman–Crippen LogP) is 6.20. The Bertz CT molecular complexity index is 1290. The van der Waals surface area contributed by atoms with Crippen LogP contribution in [-0.2, 0) is 4.79 Å². The fraction of sp³-hybridized carbons (Fsp3) is 0.261. The lowest BCUT2D eigenvalue weighted by molar-refractivity contribution is -0.120. The van der Waals surface area contributed by atoms with Crippen LogP contribution in [0, 0.1) is 5.92 Å². The van der Waals surface area contributed by atoms with Gasteiger partial charge in [-0.05, 0) is 55.3 Å². The van der Waals surface area contributed by atoms with E-state index in [9.17, 15) is 9.59 Å². The Labute approximate surface area is 188 Å². The van der Waals surface area contributed by atoms with Crippen LogP contribution in [0.25, 0.3) is 21.1 Å². The van der Waals surface area contributed by atoms with Crippen LogP contribution in [0.15, 0.2) is 42.5 Å². The highest BCUT2D eigenvalue weighted by Crippen LogP contribution is 2.30. The standard InChI is InChI=1S/C23H21ClN4O2S/c24-15-6-8-17-14(10-15)11-19(26-17)22(30)25-16-7-9-20-18(12-16)27-23(31-20)28-21(29)13-4-2-1-3-5-13/h6-13,26H,1-5H2,(H,25,30)(H,27,28,29). The average Bonchev–Trinajstić information content (AvgIpc) is 3.37. The van der Waals surface area contributed by atoms with Crippen LogP contribution < -0.4 is 10.6 Å². The Morgan fingerprint density at radius 2 is 1.87 bits per heavy atom. The largest absolute Gasteiger partial charge is 0.351 e. The number of benzene rings is 2. The molecule has 5 rings (SSSR count). The molecule has 158 valence electrons. The summed E-state index contributed by atoms with van der Waals surface area (Å²) in [6.45, 7) is 0. The van der Waals surface area contributed by atoms with Crippen LogP contribution >= 0.6 is 22.9 Å². The van der Waals surface area contributed by atoms with E-state index in [4.69, 9.17) is 11.6 Å². The lowest BCUT2D eigenvalue weighted by atomic mass is 9.89. The van der Waals surface area contributed by atoms with E-state index in [1.165, 1.54) is 17.8 Å². The van der Waals surface area contributed by atoms with Crippen molar-refractivity contribution in [1.82, 2.24) is 9.97 Å². The number of amides is 2. The topological polar surface area (TPSA) is 86.9 Å². The molecule has 6 nitrogen and oxygen atoms in total. The number of H-pyrrole nitrogens is 1. The van der Waals surface area contributed by atoms with Crippen molar-refractivity contribution in [3.05, 3.63) is 53.2 Å². The Kier molecular flexibility index (Phi) is 5.38. The second-order valence-electron chi connectivity index (χ2n) is 7.89. The number of aromatic amines is 1. The van der Waals surface area contributed by atoms with Crippen molar-refractivity contribution < 1.29 is 9.59 Å². The summed E-state index contributed by atoms with van der Waals surface area (Å²) >= 11 is 7.47. The van der Waals surface area contributed by atoms with Gasteiger partial charge in [-0.2, -0.15) is 0 Å². The van der Waals surface area contributed by atoms with Crippen LogP contribution in [0.2, 0.25) is 5.02 Å². The van der Waals surface area contributed by atoms with Gasteiger partial charge in [0.2, 0.25) is 5.91 Å². The third kappa shape index (κ3) is 4.29. The Morgan fingerprint density at radius 3 is 2.71 bits per heavy atom. The molecule has 0 unspecified atom stereocenters. The number of carbonyl (C=O) groups excluding carboxylic acids is 2. The molecule has 0 aliphatic heterocycles. The molecule has 31 heavy (non-hydrogen) atoms. The second kappa shape index (κ2) is 8.32. The molecule has 1 fully saturated rings. The van der Waals surface area contributed by atoms with Crippen molar-refractivity contribution in [2.45, 2.75) is 32.1 Å². The third-order valence-electron chi connectivity index (χ3n) is 5.68. The van der Waals surface area contributed by atoms with Gasteiger partial charge in [0.25, 0.3) is 5.91 Å². The second-order valence-corrected chi connectivity index (χ2v) is 9.36. The molecule has 1 aliphatic carbocycles. The molecule has 2 amide bonds. The molecule has 0 saturated heterocycles. The number of aromatic nitrogens is 2. The summed E-state index contributed by atoms with van der Waals surface area (Å²) in [5, 5.41) is 7.98. The molecule has 0 spiro atoms. The first-order valence-electron chi connectivity index (χ1n) is 10.4. The molecule has 2 aromatic heterocycles. The smallest absolute Gasteiger partial charge is 0.272 e. The van der Waals surface area contributed by atoms with E-state index in [0.717, 1.165) is 46.8 Å². The molecular weight excluding hydrogens is 432 g/mol. The SMILES string of the molecule is O=C(Nc1ccc2sc(NC(=O)C3CCCCC3)nc2c1)c1cc2cc(Cl)ccc2[nH]1. The third-order valence-corrected chi connectivity index (χ3v) is 6.87. The van der Waals surface area contributed by atoms with Gasteiger partial charge in [-0.3, -0.25) is 9.59 Å². The minimum atomic E-state index is -0.243. The summed E-state index contributed by atoms with van der Waals surface area (Å²) in [6.07, 6.45) is 5.35. The van der Waals surface area contributed by atoms with Gasteiger partial charge in [-0.15, -0.1) is 0 Å². The maximum Gasteiger partial charge on any atom is 0.272 e. The van der Waals surface area contributed by atoms with E-state index in [-0.39, 0.29) is 17.7 Å². The molecular formula is C23H21ClN4O2S. The van der Waals surface area contributed by atoms with E-state index in [2.05, 4.69) is 20.6 Å². The van der Waals surface area contributed by atoms with Gasteiger partial charge >= 0.3 is 0 Å². The van der Waals surface area contributed by atoms with Crippen LogP contribution in [-0.4, -0.2) is 21.8 Å². The molecule has 8 heteroatoms. The minimum Gasteiger partial charge on any atom is -0.351 e. The van der Waals surface area contributed by atoms with Crippen molar-refractivity contribution in [3.63, 3.8) is 0 Å². The number of nitrogens with one attached hydrogen (secondary N) is 3. The lowest BCUT2D eigenvalue weighted by Crippen LogP contribution is -2.24. The molecule has 1 saturated carbocycles. The van der Waals surface area contributed by atoms with E-state index < -0.39 is 0 Å². The summed E-state index contributed by atoms with van der Waals surface area (Å²) in [5.74, 6) is -0.0966.